The summed E-state index contributed by atoms with van der Waals surface area (Å²) in [4.78, 5) is 60.6. The van der Waals surface area contributed by atoms with Gasteiger partial charge in [0.25, 0.3) is 17.7 Å². The summed E-state index contributed by atoms with van der Waals surface area (Å²) in [6.45, 7) is 6.71. The van der Waals surface area contributed by atoms with Crippen molar-refractivity contribution < 1.29 is 19.2 Å². The van der Waals surface area contributed by atoms with Gasteiger partial charge in [0.1, 0.15) is 5.70 Å². The molecular weight excluding hydrogens is 615 g/mol. The lowest BCUT2D eigenvalue weighted by molar-refractivity contribution is -0.124. The van der Waals surface area contributed by atoms with Gasteiger partial charge in [0.2, 0.25) is 5.91 Å². The van der Waals surface area contributed by atoms with Gasteiger partial charge in [-0.2, -0.15) is 0 Å². The van der Waals surface area contributed by atoms with Crippen LogP contribution in [0.5, 0.6) is 0 Å². The molecule has 6 rings (SSSR count). The van der Waals surface area contributed by atoms with E-state index in [-0.39, 0.29) is 36.1 Å². The number of hydrogen-bond acceptors (Lipinski definition) is 8. The fourth-order valence-electron chi connectivity index (χ4n) is 5.50. The normalized spacial score (nSPS) is 22.3. The van der Waals surface area contributed by atoms with Crippen LogP contribution in [0.1, 0.15) is 6.42 Å². The van der Waals surface area contributed by atoms with Crippen molar-refractivity contribution in [2.75, 3.05) is 76.3 Å². The molecule has 4 aliphatic heterocycles. The van der Waals surface area contributed by atoms with Crippen LogP contribution in [0.4, 0.5) is 11.4 Å². The molecule has 3 fully saturated rings. The second-order valence-corrected chi connectivity index (χ2v) is 12.3. The fraction of sp³-hybridized carbons (Fsp3) is 0.400. The number of amides is 4. The van der Waals surface area contributed by atoms with Gasteiger partial charge in [-0.1, -0.05) is 34.8 Å². The minimum absolute atomic E-state index is 0.173. The predicted molar refractivity (Wildman–Crippen MR) is 168 cm³/mol. The van der Waals surface area contributed by atoms with Crippen LogP contribution in [0.3, 0.4) is 0 Å². The summed E-state index contributed by atoms with van der Waals surface area (Å²) in [7, 11) is 4.11. The van der Waals surface area contributed by atoms with Gasteiger partial charge in [-0.15, -0.1) is 0 Å². The summed E-state index contributed by atoms with van der Waals surface area (Å²) >= 11 is 17.7. The third-order valence-electron chi connectivity index (χ3n) is 8.09. The summed E-state index contributed by atoms with van der Waals surface area (Å²) in [6, 6.07) is 11.1. The van der Waals surface area contributed by atoms with E-state index in [0.29, 0.717) is 32.1 Å². The SMILES string of the molecule is CN1CCN(C2=CC(=O)N(c3ccc(Cl)cc3)C2=O)CC1.CN1CCN(C2CC(=O)N(c3ccc(Cl)c(Cl)c3)C2=O)CC1. The van der Waals surface area contributed by atoms with Gasteiger partial charge in [-0.05, 0) is 56.6 Å². The van der Waals surface area contributed by atoms with Crippen molar-refractivity contribution in [3.05, 3.63) is 69.3 Å². The molecular formula is C30H33Cl3N6O4. The highest BCUT2D eigenvalue weighted by atomic mass is 35.5. The van der Waals surface area contributed by atoms with Gasteiger partial charge >= 0.3 is 0 Å². The topological polar surface area (TPSA) is 87.7 Å². The minimum Gasteiger partial charge on any atom is -0.364 e. The first-order chi connectivity index (χ1) is 20.5. The van der Waals surface area contributed by atoms with Crippen LogP contribution >= 0.6 is 34.8 Å². The third kappa shape index (κ3) is 6.90. The number of carbonyl (C=O) groups excluding carboxylic acids is 4. The van der Waals surface area contributed by atoms with Crippen molar-refractivity contribution in [3.8, 4) is 0 Å². The Morgan fingerprint density at radius 3 is 1.86 bits per heavy atom. The Labute approximate surface area is 265 Å². The maximum absolute atomic E-state index is 12.7. The second-order valence-electron chi connectivity index (χ2n) is 11.0. The summed E-state index contributed by atoms with van der Waals surface area (Å²) in [5.41, 5.74) is 1.53. The molecule has 0 aromatic heterocycles. The summed E-state index contributed by atoms with van der Waals surface area (Å²) < 4.78 is 0. The molecule has 3 saturated heterocycles. The van der Waals surface area contributed by atoms with Crippen LogP contribution in [0.2, 0.25) is 15.1 Å². The number of nitrogens with zero attached hydrogens (tertiary/aromatic N) is 6. The molecule has 0 N–H and O–H groups in total. The molecule has 0 bridgehead atoms. The molecule has 43 heavy (non-hydrogen) atoms. The van der Waals surface area contributed by atoms with Gasteiger partial charge in [0.05, 0.1) is 33.9 Å². The number of anilines is 2. The highest BCUT2D eigenvalue weighted by Crippen LogP contribution is 2.31. The van der Waals surface area contributed by atoms with Gasteiger partial charge in [0, 0.05) is 63.5 Å². The van der Waals surface area contributed by atoms with Crippen molar-refractivity contribution in [2.45, 2.75) is 12.5 Å². The number of hydrogen-bond donors (Lipinski definition) is 0. The lowest BCUT2D eigenvalue weighted by Gasteiger charge is -2.35. The molecule has 0 saturated carbocycles. The van der Waals surface area contributed by atoms with Crippen molar-refractivity contribution in [1.29, 1.82) is 0 Å². The van der Waals surface area contributed by atoms with Crippen LogP contribution in [-0.2, 0) is 19.2 Å². The number of carbonyl (C=O) groups is 4. The first-order valence-corrected chi connectivity index (χ1v) is 15.2. The summed E-state index contributed by atoms with van der Waals surface area (Å²) in [5.74, 6) is -0.914. The Morgan fingerprint density at radius 2 is 1.26 bits per heavy atom. The average molecular weight is 648 g/mol. The quantitative estimate of drug-likeness (QED) is 0.468. The Kier molecular flexibility index (Phi) is 9.75. The standard InChI is InChI=1S/C15H17Cl2N3O2.C15H16ClN3O2/c1-18-4-6-19(7-5-18)13-9-14(21)20(15(13)22)10-2-3-11(16)12(17)8-10;1-17-6-8-18(9-7-17)13-10-14(20)19(15(13)21)12-4-2-11(16)3-5-12/h2-3,8,13H,4-7,9H2,1H3;2-5,10H,6-9H2,1H3. The van der Waals surface area contributed by atoms with E-state index in [1.165, 1.54) is 15.9 Å². The highest BCUT2D eigenvalue weighted by molar-refractivity contribution is 6.42. The fourth-order valence-corrected chi connectivity index (χ4v) is 5.91. The first-order valence-electron chi connectivity index (χ1n) is 14.1. The van der Waals surface area contributed by atoms with E-state index in [2.05, 4.69) is 21.7 Å². The molecule has 228 valence electrons. The molecule has 4 aliphatic rings. The molecule has 0 radical (unpaired) electrons. The summed E-state index contributed by atoms with van der Waals surface area (Å²) in [5, 5.41) is 1.31. The molecule has 0 spiro atoms. The smallest absolute Gasteiger partial charge is 0.281 e. The Balaban J connectivity index is 0.000000171. The van der Waals surface area contributed by atoms with E-state index in [9.17, 15) is 19.2 Å². The van der Waals surface area contributed by atoms with Crippen molar-refractivity contribution in [1.82, 2.24) is 19.6 Å². The lowest BCUT2D eigenvalue weighted by atomic mass is 10.2. The monoisotopic (exact) mass is 646 g/mol. The van der Waals surface area contributed by atoms with Crippen LogP contribution in [0.25, 0.3) is 0 Å². The number of benzene rings is 2. The minimum atomic E-state index is -0.365. The maximum Gasteiger partial charge on any atom is 0.281 e. The number of halogens is 3. The molecule has 4 amide bonds. The third-order valence-corrected chi connectivity index (χ3v) is 9.09. The van der Waals surface area contributed by atoms with E-state index in [1.807, 2.05) is 11.9 Å². The largest absolute Gasteiger partial charge is 0.364 e. The van der Waals surface area contributed by atoms with E-state index in [1.54, 1.807) is 42.5 Å². The van der Waals surface area contributed by atoms with E-state index in [4.69, 9.17) is 34.8 Å². The van der Waals surface area contributed by atoms with Crippen molar-refractivity contribution >= 4 is 69.8 Å². The summed E-state index contributed by atoms with van der Waals surface area (Å²) in [6.07, 6.45) is 1.66. The molecule has 10 nitrogen and oxygen atoms in total. The van der Waals surface area contributed by atoms with Gasteiger partial charge in [0.15, 0.2) is 0 Å². The zero-order chi connectivity index (χ0) is 30.8. The Bertz CT molecular complexity index is 1440. The van der Waals surface area contributed by atoms with Crippen molar-refractivity contribution in [2.24, 2.45) is 0 Å². The number of rotatable bonds is 4. The van der Waals surface area contributed by atoms with Gasteiger partial charge in [-0.3, -0.25) is 24.1 Å². The highest BCUT2D eigenvalue weighted by Gasteiger charge is 2.43. The first kappa shape index (κ1) is 31.4. The van der Waals surface area contributed by atoms with Crippen LogP contribution in [0.15, 0.2) is 54.2 Å². The maximum atomic E-state index is 12.7. The van der Waals surface area contributed by atoms with Crippen LogP contribution in [0, 0.1) is 0 Å². The Morgan fingerprint density at radius 1 is 0.674 bits per heavy atom. The zero-order valence-electron chi connectivity index (χ0n) is 24.0. The van der Waals surface area contributed by atoms with Crippen molar-refractivity contribution in [3.63, 3.8) is 0 Å². The number of likely N-dealkylation sites (N-methyl/N-ethyl adjacent to an activating group) is 2. The number of piperazine rings is 2. The Hall–Kier alpha value is -2.99. The van der Waals surface area contributed by atoms with E-state index >= 15 is 0 Å². The second kappa shape index (κ2) is 13.3. The van der Waals surface area contributed by atoms with Crippen LogP contribution in [-0.4, -0.2) is 116 Å². The van der Waals surface area contributed by atoms with E-state index in [0.717, 1.165) is 52.4 Å². The van der Waals surface area contributed by atoms with E-state index < -0.39 is 0 Å². The molecule has 13 heteroatoms. The molecule has 0 aliphatic carbocycles. The molecule has 2 aromatic rings. The molecule has 1 unspecified atom stereocenters. The van der Waals surface area contributed by atoms with Gasteiger partial charge in [-0.25, -0.2) is 9.80 Å². The number of imide groups is 2. The van der Waals surface area contributed by atoms with Crippen LogP contribution < -0.4 is 9.80 Å². The lowest BCUT2D eigenvalue weighted by Crippen LogP contribution is -2.51. The molecule has 1 atom stereocenters. The zero-order valence-corrected chi connectivity index (χ0v) is 26.3. The van der Waals surface area contributed by atoms with Gasteiger partial charge < -0.3 is 14.7 Å². The predicted octanol–water partition coefficient (Wildman–Crippen LogP) is 3.22. The average Bonchev–Trinajstić information content (AvgIpc) is 3.45. The molecule has 2 aromatic carbocycles. The molecule has 4 heterocycles.